The van der Waals surface area contributed by atoms with Gasteiger partial charge in [-0.05, 0) is 63.7 Å². The third-order valence-electron chi connectivity index (χ3n) is 6.76. The van der Waals surface area contributed by atoms with Crippen LogP contribution in [0.2, 0.25) is 0 Å². The Morgan fingerprint density at radius 2 is 1.61 bits per heavy atom. The van der Waals surface area contributed by atoms with Gasteiger partial charge in [-0.25, -0.2) is 0 Å². The van der Waals surface area contributed by atoms with Gasteiger partial charge in [0, 0.05) is 5.41 Å². The van der Waals surface area contributed by atoms with Gasteiger partial charge in [-0.1, -0.05) is 32.1 Å². The van der Waals surface area contributed by atoms with E-state index < -0.39 is 5.60 Å². The van der Waals surface area contributed by atoms with Crippen LogP contribution in [0.15, 0.2) is 0 Å². The number of hydrogen-bond donors (Lipinski definition) is 1. The van der Waals surface area contributed by atoms with Gasteiger partial charge in [-0.15, -0.1) is 0 Å². The van der Waals surface area contributed by atoms with Crippen molar-refractivity contribution in [2.75, 3.05) is 0 Å². The molecule has 0 aromatic carbocycles. The lowest BCUT2D eigenvalue weighted by Gasteiger charge is -2.60. The highest BCUT2D eigenvalue weighted by Crippen LogP contribution is 2.61. The van der Waals surface area contributed by atoms with E-state index in [0.717, 1.165) is 17.8 Å². The fourth-order valence-electron chi connectivity index (χ4n) is 5.83. The van der Waals surface area contributed by atoms with E-state index in [1.807, 2.05) is 0 Å². The Morgan fingerprint density at radius 3 is 2.39 bits per heavy atom. The average Bonchev–Trinajstić information content (AvgIpc) is 2.37. The van der Waals surface area contributed by atoms with E-state index in [1.54, 1.807) is 0 Å². The molecule has 1 heteroatoms. The molecular formula is C17H30O. The first-order chi connectivity index (χ1) is 8.55. The van der Waals surface area contributed by atoms with E-state index in [-0.39, 0.29) is 5.41 Å². The van der Waals surface area contributed by atoms with Crippen LogP contribution in [0.25, 0.3) is 0 Å². The summed E-state index contributed by atoms with van der Waals surface area (Å²) in [5.74, 6) is 2.77. The van der Waals surface area contributed by atoms with Gasteiger partial charge in [-0.3, -0.25) is 0 Å². The van der Waals surface area contributed by atoms with Crippen LogP contribution in [0, 0.1) is 23.2 Å². The first-order valence-electron chi connectivity index (χ1n) is 8.27. The van der Waals surface area contributed by atoms with Crippen molar-refractivity contribution in [3.05, 3.63) is 0 Å². The summed E-state index contributed by atoms with van der Waals surface area (Å²) >= 11 is 0. The lowest BCUT2D eigenvalue weighted by atomic mass is 9.46. The molecule has 0 saturated heterocycles. The van der Waals surface area contributed by atoms with Crippen molar-refractivity contribution < 1.29 is 5.11 Å². The van der Waals surface area contributed by atoms with Crippen molar-refractivity contribution in [2.24, 2.45) is 23.2 Å². The molecule has 18 heavy (non-hydrogen) atoms. The third kappa shape index (κ3) is 1.85. The second kappa shape index (κ2) is 4.51. The normalized spacial score (nSPS) is 45.2. The molecule has 0 aliphatic heterocycles. The quantitative estimate of drug-likeness (QED) is 0.724. The summed E-state index contributed by atoms with van der Waals surface area (Å²) in [6.07, 6.45) is 14.0. The Balaban J connectivity index is 1.91. The molecular weight excluding hydrogens is 220 g/mol. The van der Waals surface area contributed by atoms with Gasteiger partial charge >= 0.3 is 0 Å². The van der Waals surface area contributed by atoms with Crippen LogP contribution in [0.3, 0.4) is 0 Å². The number of hydrogen-bond acceptors (Lipinski definition) is 1. The number of fused-ring (bicyclic) bond motifs is 3. The summed E-state index contributed by atoms with van der Waals surface area (Å²) in [6.45, 7) is 4.18. The molecule has 3 fully saturated rings. The zero-order chi connectivity index (χ0) is 12.8. The fourth-order valence-corrected chi connectivity index (χ4v) is 5.83. The highest BCUT2D eigenvalue weighted by atomic mass is 16.3. The molecule has 3 aliphatic rings. The Hall–Kier alpha value is -0.0400. The SMILES string of the molecule is CC(C)(O)C12CCCCC1C1CCCCC1CC2. The van der Waals surface area contributed by atoms with Crippen LogP contribution in [0.4, 0.5) is 0 Å². The smallest absolute Gasteiger partial charge is 0.0650 e. The molecule has 4 atom stereocenters. The molecule has 1 N–H and O–H groups in total. The van der Waals surface area contributed by atoms with Crippen molar-refractivity contribution >= 4 is 0 Å². The summed E-state index contributed by atoms with van der Waals surface area (Å²) in [5.41, 5.74) is -0.218. The van der Waals surface area contributed by atoms with Gasteiger partial charge < -0.3 is 5.11 Å². The van der Waals surface area contributed by atoms with Crippen molar-refractivity contribution in [3.8, 4) is 0 Å². The highest BCUT2D eigenvalue weighted by molar-refractivity contribution is 5.06. The number of rotatable bonds is 1. The molecule has 0 spiro atoms. The second-order valence-electron chi connectivity index (χ2n) is 7.81. The Labute approximate surface area is 112 Å². The van der Waals surface area contributed by atoms with Crippen molar-refractivity contribution in [3.63, 3.8) is 0 Å². The molecule has 0 aromatic heterocycles. The van der Waals surface area contributed by atoms with E-state index in [1.165, 1.54) is 64.2 Å². The zero-order valence-electron chi connectivity index (χ0n) is 12.3. The van der Waals surface area contributed by atoms with Crippen LogP contribution >= 0.6 is 0 Å². The third-order valence-corrected chi connectivity index (χ3v) is 6.76. The van der Waals surface area contributed by atoms with Crippen LogP contribution in [0.1, 0.15) is 78.1 Å². The van der Waals surface area contributed by atoms with Gasteiger partial charge in [0.25, 0.3) is 0 Å². The van der Waals surface area contributed by atoms with Crippen molar-refractivity contribution in [2.45, 2.75) is 83.7 Å². The summed E-state index contributed by atoms with van der Waals surface area (Å²) in [7, 11) is 0. The molecule has 0 amide bonds. The number of aliphatic hydroxyl groups is 1. The molecule has 104 valence electrons. The molecule has 3 rings (SSSR count). The average molecular weight is 250 g/mol. The van der Waals surface area contributed by atoms with E-state index in [4.69, 9.17) is 0 Å². The van der Waals surface area contributed by atoms with Gasteiger partial charge in [0.2, 0.25) is 0 Å². The molecule has 0 bridgehead atoms. The van der Waals surface area contributed by atoms with Gasteiger partial charge in [0.15, 0.2) is 0 Å². The molecule has 3 saturated carbocycles. The summed E-state index contributed by atoms with van der Waals surface area (Å²) in [6, 6.07) is 0. The monoisotopic (exact) mass is 250 g/mol. The topological polar surface area (TPSA) is 20.2 Å². The van der Waals surface area contributed by atoms with Crippen LogP contribution < -0.4 is 0 Å². The van der Waals surface area contributed by atoms with Gasteiger partial charge in [0.05, 0.1) is 5.60 Å². The van der Waals surface area contributed by atoms with Crippen LogP contribution in [0.5, 0.6) is 0 Å². The largest absolute Gasteiger partial charge is 0.390 e. The molecule has 0 radical (unpaired) electrons. The minimum absolute atomic E-state index is 0.254. The second-order valence-corrected chi connectivity index (χ2v) is 7.81. The minimum atomic E-state index is -0.472. The molecule has 0 heterocycles. The maximum atomic E-state index is 10.8. The molecule has 3 aliphatic carbocycles. The highest BCUT2D eigenvalue weighted by Gasteiger charge is 2.56. The predicted molar refractivity (Wildman–Crippen MR) is 75.4 cm³/mol. The minimum Gasteiger partial charge on any atom is -0.390 e. The maximum absolute atomic E-state index is 10.8. The lowest BCUT2D eigenvalue weighted by molar-refractivity contribution is -0.163. The summed E-state index contributed by atoms with van der Waals surface area (Å²) in [4.78, 5) is 0. The Bertz CT molecular complexity index is 303. The Kier molecular flexibility index (Phi) is 3.25. The van der Waals surface area contributed by atoms with Gasteiger partial charge in [0.1, 0.15) is 0 Å². The first-order valence-corrected chi connectivity index (χ1v) is 8.27. The molecule has 0 aromatic rings. The van der Waals surface area contributed by atoms with Gasteiger partial charge in [-0.2, -0.15) is 0 Å². The van der Waals surface area contributed by atoms with E-state index in [0.29, 0.717) is 0 Å². The Morgan fingerprint density at radius 1 is 0.889 bits per heavy atom. The van der Waals surface area contributed by atoms with E-state index >= 15 is 0 Å². The standard InChI is InChI=1S/C17H30O/c1-16(2,18)17-11-6-5-9-15(17)14-8-4-3-7-13(14)10-12-17/h13-15,18H,3-12H2,1-2H3. The lowest BCUT2D eigenvalue weighted by Crippen LogP contribution is -2.56. The molecule has 4 unspecified atom stereocenters. The van der Waals surface area contributed by atoms with Crippen molar-refractivity contribution in [1.29, 1.82) is 0 Å². The van der Waals surface area contributed by atoms with E-state index in [2.05, 4.69) is 13.8 Å². The van der Waals surface area contributed by atoms with Crippen LogP contribution in [-0.2, 0) is 0 Å². The van der Waals surface area contributed by atoms with Crippen LogP contribution in [-0.4, -0.2) is 10.7 Å². The summed E-state index contributed by atoms with van der Waals surface area (Å²) in [5, 5.41) is 10.8. The predicted octanol–water partition coefficient (Wildman–Crippen LogP) is 4.53. The zero-order valence-corrected chi connectivity index (χ0v) is 12.3. The first kappa shape index (κ1) is 13.0. The summed E-state index contributed by atoms with van der Waals surface area (Å²) < 4.78 is 0. The molecule has 1 nitrogen and oxygen atoms in total. The fraction of sp³-hybridized carbons (Fsp3) is 1.00. The van der Waals surface area contributed by atoms with Crippen molar-refractivity contribution in [1.82, 2.24) is 0 Å². The maximum Gasteiger partial charge on any atom is 0.0650 e. The van der Waals surface area contributed by atoms with E-state index in [9.17, 15) is 5.11 Å².